The van der Waals surface area contributed by atoms with Gasteiger partial charge in [-0.2, -0.15) is 0 Å². The molecule has 18 heavy (non-hydrogen) atoms. The molecule has 1 rings (SSSR count). The van der Waals surface area contributed by atoms with Crippen molar-refractivity contribution in [3.8, 4) is 0 Å². The summed E-state index contributed by atoms with van der Waals surface area (Å²) in [6, 6.07) is 3.26. The van der Waals surface area contributed by atoms with E-state index in [1.165, 1.54) is 38.2 Å². The zero-order valence-electron chi connectivity index (χ0n) is 11.1. The summed E-state index contributed by atoms with van der Waals surface area (Å²) in [5, 5.41) is 0.522. The summed E-state index contributed by atoms with van der Waals surface area (Å²) < 4.78 is 13.3. The van der Waals surface area contributed by atoms with E-state index in [1.54, 1.807) is 6.92 Å². The Kier molecular flexibility index (Phi) is 7.25. The molecule has 1 aromatic carbocycles. The van der Waals surface area contributed by atoms with Gasteiger partial charge in [0.25, 0.3) is 0 Å². The van der Waals surface area contributed by atoms with Crippen LogP contribution < -0.4 is 0 Å². The molecule has 1 atom stereocenters. The van der Waals surface area contributed by atoms with Crippen molar-refractivity contribution in [3.05, 3.63) is 34.1 Å². The predicted octanol–water partition coefficient (Wildman–Crippen LogP) is 6.58. The number of unbranched alkanes of at least 4 members (excludes halogenated alkanes) is 4. The van der Waals surface area contributed by atoms with Crippen molar-refractivity contribution in [1.82, 2.24) is 0 Å². The highest BCUT2D eigenvalue weighted by Crippen LogP contribution is 2.35. The van der Waals surface area contributed by atoms with Crippen molar-refractivity contribution in [2.45, 2.75) is 57.2 Å². The molecule has 0 N–H and O–H groups in total. The quantitative estimate of drug-likeness (QED) is 0.390. The van der Waals surface area contributed by atoms with Crippen LogP contribution >= 0.6 is 27.5 Å². The van der Waals surface area contributed by atoms with E-state index in [2.05, 4.69) is 22.9 Å². The fourth-order valence-corrected chi connectivity index (χ4v) is 3.12. The number of hydrogen-bond acceptors (Lipinski definition) is 0. The molecule has 0 aliphatic heterocycles. The van der Waals surface area contributed by atoms with Crippen LogP contribution in [0.4, 0.5) is 4.39 Å². The topological polar surface area (TPSA) is 0 Å². The fourth-order valence-electron chi connectivity index (χ4n) is 2.00. The van der Waals surface area contributed by atoms with Gasteiger partial charge in [-0.1, -0.05) is 72.6 Å². The first-order chi connectivity index (χ1) is 8.56. The SMILES string of the molecule is CCCCCCCC(Br)c1cc(C)c(F)cc1Cl. The minimum atomic E-state index is -0.230. The maximum Gasteiger partial charge on any atom is 0.127 e. The molecule has 0 saturated carbocycles. The second kappa shape index (κ2) is 8.16. The molecule has 1 aromatic rings. The minimum absolute atomic E-state index is 0.228. The van der Waals surface area contributed by atoms with Gasteiger partial charge in [0.2, 0.25) is 0 Å². The van der Waals surface area contributed by atoms with Gasteiger partial charge in [0.15, 0.2) is 0 Å². The van der Waals surface area contributed by atoms with Gasteiger partial charge in [0, 0.05) is 9.85 Å². The Morgan fingerprint density at radius 2 is 1.89 bits per heavy atom. The lowest BCUT2D eigenvalue weighted by Gasteiger charge is -2.13. The van der Waals surface area contributed by atoms with Crippen LogP contribution in [0.3, 0.4) is 0 Å². The third-order valence-electron chi connectivity index (χ3n) is 3.18. The molecule has 3 heteroatoms. The monoisotopic (exact) mass is 334 g/mol. The Hall–Kier alpha value is -0.0800. The summed E-state index contributed by atoms with van der Waals surface area (Å²) in [6.07, 6.45) is 7.36. The lowest BCUT2D eigenvalue weighted by atomic mass is 10.0. The maximum absolute atomic E-state index is 13.3. The highest BCUT2D eigenvalue weighted by Gasteiger charge is 2.13. The van der Waals surface area contributed by atoms with Crippen molar-refractivity contribution < 1.29 is 4.39 Å². The van der Waals surface area contributed by atoms with Crippen LogP contribution in [0.15, 0.2) is 12.1 Å². The van der Waals surface area contributed by atoms with Gasteiger partial charge in [-0.3, -0.25) is 0 Å². The molecule has 0 aromatic heterocycles. The minimum Gasteiger partial charge on any atom is -0.207 e. The molecule has 102 valence electrons. The van der Waals surface area contributed by atoms with Crippen LogP contribution in [-0.4, -0.2) is 0 Å². The van der Waals surface area contributed by atoms with Gasteiger partial charge >= 0.3 is 0 Å². The molecule has 0 amide bonds. The number of alkyl halides is 1. The second-order valence-electron chi connectivity index (χ2n) is 4.79. The summed E-state index contributed by atoms with van der Waals surface area (Å²) in [6.45, 7) is 3.99. The molecule has 0 radical (unpaired) electrons. The van der Waals surface area contributed by atoms with E-state index >= 15 is 0 Å². The molecule has 0 nitrogen and oxygen atoms in total. The highest BCUT2D eigenvalue weighted by molar-refractivity contribution is 9.09. The maximum atomic E-state index is 13.3. The molecule has 1 unspecified atom stereocenters. The molecule has 0 heterocycles. The van der Waals surface area contributed by atoms with Gasteiger partial charge < -0.3 is 0 Å². The van der Waals surface area contributed by atoms with Crippen LogP contribution in [0.1, 0.15) is 61.4 Å². The van der Waals surface area contributed by atoms with Crippen molar-refractivity contribution in [2.24, 2.45) is 0 Å². The standard InChI is InChI=1S/C15H21BrClF/c1-3-4-5-6-7-8-13(16)12-9-11(2)15(18)10-14(12)17/h9-10,13H,3-8H2,1-2H3. The summed E-state index contributed by atoms with van der Waals surface area (Å²) in [4.78, 5) is 0.228. The van der Waals surface area contributed by atoms with Crippen molar-refractivity contribution >= 4 is 27.5 Å². The predicted molar refractivity (Wildman–Crippen MR) is 81.2 cm³/mol. The Balaban J connectivity index is 2.51. The zero-order valence-corrected chi connectivity index (χ0v) is 13.5. The largest absolute Gasteiger partial charge is 0.207 e. The number of hydrogen-bond donors (Lipinski definition) is 0. The number of halogens is 3. The smallest absolute Gasteiger partial charge is 0.127 e. The van der Waals surface area contributed by atoms with E-state index in [4.69, 9.17) is 11.6 Å². The molecular weight excluding hydrogens is 315 g/mol. The van der Waals surface area contributed by atoms with E-state index < -0.39 is 0 Å². The van der Waals surface area contributed by atoms with Gasteiger partial charge in [-0.05, 0) is 30.5 Å². The van der Waals surface area contributed by atoms with Gasteiger partial charge in [0.1, 0.15) is 5.82 Å². The Labute approximate surface area is 123 Å². The van der Waals surface area contributed by atoms with Gasteiger partial charge in [-0.15, -0.1) is 0 Å². The Morgan fingerprint density at radius 3 is 2.56 bits per heavy atom. The average molecular weight is 336 g/mol. The lowest BCUT2D eigenvalue weighted by Crippen LogP contribution is -1.95. The van der Waals surface area contributed by atoms with Crippen molar-refractivity contribution in [3.63, 3.8) is 0 Å². The van der Waals surface area contributed by atoms with E-state index in [0.717, 1.165) is 12.0 Å². The first-order valence-corrected chi connectivity index (χ1v) is 7.95. The third kappa shape index (κ3) is 4.89. The van der Waals surface area contributed by atoms with Crippen LogP contribution in [0, 0.1) is 12.7 Å². The van der Waals surface area contributed by atoms with E-state index in [9.17, 15) is 4.39 Å². The fraction of sp³-hybridized carbons (Fsp3) is 0.600. The molecule has 0 saturated heterocycles. The normalized spacial score (nSPS) is 12.7. The number of rotatable bonds is 7. The van der Waals surface area contributed by atoms with E-state index in [1.807, 2.05) is 6.07 Å². The summed E-state index contributed by atoms with van der Waals surface area (Å²) >= 11 is 9.75. The van der Waals surface area contributed by atoms with E-state index in [-0.39, 0.29) is 10.6 Å². The first kappa shape index (κ1) is 16.0. The average Bonchev–Trinajstić information content (AvgIpc) is 2.33. The Morgan fingerprint density at radius 1 is 1.22 bits per heavy atom. The number of benzene rings is 1. The van der Waals surface area contributed by atoms with Crippen molar-refractivity contribution in [2.75, 3.05) is 0 Å². The van der Waals surface area contributed by atoms with Crippen LogP contribution in [-0.2, 0) is 0 Å². The highest BCUT2D eigenvalue weighted by atomic mass is 79.9. The zero-order chi connectivity index (χ0) is 13.5. The van der Waals surface area contributed by atoms with Crippen LogP contribution in [0.5, 0.6) is 0 Å². The van der Waals surface area contributed by atoms with Crippen LogP contribution in [0.2, 0.25) is 5.02 Å². The number of aryl methyl sites for hydroxylation is 1. The summed E-state index contributed by atoms with van der Waals surface area (Å²) in [7, 11) is 0. The van der Waals surface area contributed by atoms with Crippen LogP contribution in [0.25, 0.3) is 0 Å². The van der Waals surface area contributed by atoms with Gasteiger partial charge in [0.05, 0.1) is 0 Å². The third-order valence-corrected chi connectivity index (χ3v) is 4.45. The molecule has 0 spiro atoms. The van der Waals surface area contributed by atoms with E-state index in [0.29, 0.717) is 10.6 Å². The molecule has 0 fully saturated rings. The first-order valence-electron chi connectivity index (χ1n) is 6.65. The Bertz CT molecular complexity index is 379. The lowest BCUT2D eigenvalue weighted by molar-refractivity contribution is 0.602. The van der Waals surface area contributed by atoms with Crippen molar-refractivity contribution in [1.29, 1.82) is 0 Å². The molecule has 0 bridgehead atoms. The molecule has 0 aliphatic carbocycles. The molecular formula is C15H21BrClF. The summed E-state index contributed by atoms with van der Waals surface area (Å²) in [5.41, 5.74) is 1.66. The molecule has 0 aliphatic rings. The van der Waals surface area contributed by atoms with Gasteiger partial charge in [-0.25, -0.2) is 4.39 Å². The second-order valence-corrected chi connectivity index (χ2v) is 6.31. The summed E-state index contributed by atoms with van der Waals surface area (Å²) in [5.74, 6) is -0.230.